The lowest BCUT2D eigenvalue weighted by atomic mass is 10.1. The van der Waals surface area contributed by atoms with Crippen molar-refractivity contribution in [3.63, 3.8) is 0 Å². The summed E-state index contributed by atoms with van der Waals surface area (Å²) in [5.74, 6) is -1.98. The molecule has 45 heavy (non-hydrogen) atoms. The van der Waals surface area contributed by atoms with Crippen molar-refractivity contribution < 1.29 is 26.7 Å². The van der Waals surface area contributed by atoms with E-state index in [1.807, 2.05) is 6.92 Å². The molecule has 3 aromatic heterocycles. The highest BCUT2D eigenvalue weighted by molar-refractivity contribution is 7.92. The molecule has 2 aliphatic rings. The molecule has 5 heterocycles. The number of anilines is 1. The van der Waals surface area contributed by atoms with Gasteiger partial charge < -0.3 is 14.5 Å². The van der Waals surface area contributed by atoms with Gasteiger partial charge in [-0.1, -0.05) is 24.2 Å². The van der Waals surface area contributed by atoms with Crippen molar-refractivity contribution in [2.75, 3.05) is 37.7 Å². The molecule has 6 rings (SSSR count). The van der Waals surface area contributed by atoms with Crippen LogP contribution >= 0.6 is 11.6 Å². The van der Waals surface area contributed by atoms with E-state index in [0.29, 0.717) is 5.56 Å². The fraction of sp³-hybridized carbons (Fsp3) is 0.300. The average Bonchev–Trinajstić information content (AvgIpc) is 2.96. The number of carbonyl (C=O) groups is 1. The molecule has 234 valence electrons. The summed E-state index contributed by atoms with van der Waals surface area (Å²) in [6.45, 7) is 7.64. The maximum absolute atomic E-state index is 16.0. The fourth-order valence-electron chi connectivity index (χ4n) is 5.58. The Labute approximate surface area is 261 Å². The van der Waals surface area contributed by atoms with E-state index >= 15 is 8.78 Å². The first-order valence-corrected chi connectivity index (χ1v) is 15.9. The maximum atomic E-state index is 16.0. The lowest BCUT2D eigenvalue weighted by Gasteiger charge is -2.40. The molecule has 0 unspecified atom stereocenters. The normalized spacial score (nSPS) is 17.4. The molecule has 0 saturated carbocycles. The number of nitrogens with zero attached hydrogens (tertiary/aromatic N) is 6. The van der Waals surface area contributed by atoms with Crippen LogP contribution in [0, 0.1) is 18.6 Å². The number of carbonyl (C=O) groups excluding carboxylic acids is 1. The number of ether oxygens (including phenoxy) is 1. The molecule has 11 nitrogen and oxygen atoms in total. The van der Waals surface area contributed by atoms with Gasteiger partial charge in [0.2, 0.25) is 15.7 Å². The predicted molar refractivity (Wildman–Crippen MR) is 163 cm³/mol. The van der Waals surface area contributed by atoms with Gasteiger partial charge in [-0.25, -0.2) is 36.5 Å². The number of halogens is 3. The van der Waals surface area contributed by atoms with Crippen LogP contribution in [0.15, 0.2) is 59.0 Å². The van der Waals surface area contributed by atoms with Crippen molar-refractivity contribution in [2.45, 2.75) is 30.2 Å². The molecule has 1 atom stereocenters. The Balaban J connectivity index is 1.66. The molecule has 0 bridgehead atoms. The number of aryl methyl sites for hydroxylation is 1. The summed E-state index contributed by atoms with van der Waals surface area (Å²) in [5, 5.41) is -1.34. The minimum Gasteiger partial charge on any atom is -0.379 e. The van der Waals surface area contributed by atoms with Gasteiger partial charge in [0.25, 0.3) is 0 Å². The number of aromatic nitrogens is 4. The summed E-state index contributed by atoms with van der Waals surface area (Å²) in [5.41, 5.74) is -1.68. The number of hydrogen-bond acceptors (Lipinski definition) is 9. The number of piperazine rings is 1. The number of sulfone groups is 1. The maximum Gasteiger partial charge on any atom is 0.355 e. The van der Waals surface area contributed by atoms with E-state index in [2.05, 4.69) is 21.5 Å². The van der Waals surface area contributed by atoms with E-state index < -0.39 is 43.1 Å². The molecule has 2 fully saturated rings. The highest BCUT2D eigenvalue weighted by Crippen LogP contribution is 2.36. The van der Waals surface area contributed by atoms with Crippen LogP contribution in [0.1, 0.15) is 12.5 Å². The third kappa shape index (κ3) is 5.16. The molecular formula is C30H27ClF2N6O5S. The Kier molecular flexibility index (Phi) is 7.91. The third-order valence-corrected chi connectivity index (χ3v) is 10.3. The molecule has 0 N–H and O–H groups in total. The van der Waals surface area contributed by atoms with Crippen molar-refractivity contribution >= 4 is 44.2 Å². The lowest BCUT2D eigenvalue weighted by molar-refractivity contribution is -0.126. The van der Waals surface area contributed by atoms with Gasteiger partial charge in [0.15, 0.2) is 16.5 Å². The Morgan fingerprint density at radius 3 is 2.56 bits per heavy atom. The molecular weight excluding hydrogens is 630 g/mol. The van der Waals surface area contributed by atoms with E-state index in [1.54, 1.807) is 16.7 Å². The lowest BCUT2D eigenvalue weighted by Crippen LogP contribution is -2.54. The number of pyridine rings is 2. The second kappa shape index (κ2) is 11.6. The summed E-state index contributed by atoms with van der Waals surface area (Å²) in [6.07, 6.45) is 2.52. The van der Waals surface area contributed by atoms with Gasteiger partial charge in [0, 0.05) is 31.9 Å². The number of fused-ring (bicyclic) bond motifs is 1. The van der Waals surface area contributed by atoms with Gasteiger partial charge in [-0.15, -0.1) is 0 Å². The summed E-state index contributed by atoms with van der Waals surface area (Å²) >= 11 is 6.29. The summed E-state index contributed by atoms with van der Waals surface area (Å²) in [4.78, 5) is 42.6. The van der Waals surface area contributed by atoms with E-state index in [1.165, 1.54) is 30.5 Å². The van der Waals surface area contributed by atoms with Gasteiger partial charge in [0.05, 0.1) is 34.9 Å². The zero-order valence-corrected chi connectivity index (χ0v) is 25.8. The van der Waals surface area contributed by atoms with E-state index in [9.17, 15) is 18.0 Å². The topological polar surface area (TPSA) is 128 Å². The van der Waals surface area contributed by atoms with Gasteiger partial charge in [0.1, 0.15) is 22.6 Å². The SMILES string of the molecule is C=CC(=O)N1CCN(c2nc(=O)n(-c3c(C)ccnc3S(=O)(=O)C3COC3)c3nc(-c4c(F)cccc4Cl)c(F)cc23)[C@@H](C)C1. The second-order valence-corrected chi connectivity index (χ2v) is 13.4. The first-order chi connectivity index (χ1) is 21.4. The first kappa shape index (κ1) is 30.7. The Morgan fingerprint density at radius 2 is 1.91 bits per heavy atom. The van der Waals surface area contributed by atoms with Crippen LogP contribution < -0.4 is 10.6 Å². The number of hydrogen-bond donors (Lipinski definition) is 0. The fourth-order valence-corrected chi connectivity index (χ4v) is 7.43. The minimum atomic E-state index is -4.09. The van der Waals surface area contributed by atoms with Crippen molar-refractivity contribution in [1.82, 2.24) is 24.4 Å². The van der Waals surface area contributed by atoms with Gasteiger partial charge in [-0.05, 0) is 49.8 Å². The van der Waals surface area contributed by atoms with Crippen LogP contribution in [0.2, 0.25) is 5.02 Å². The summed E-state index contributed by atoms with van der Waals surface area (Å²) in [6, 6.07) is 6.06. The van der Waals surface area contributed by atoms with Crippen molar-refractivity contribution in [2.24, 2.45) is 0 Å². The highest BCUT2D eigenvalue weighted by atomic mass is 35.5. The minimum absolute atomic E-state index is 0.0398. The first-order valence-electron chi connectivity index (χ1n) is 14.0. The zero-order chi connectivity index (χ0) is 32.2. The van der Waals surface area contributed by atoms with Crippen LogP contribution in [0.5, 0.6) is 0 Å². The number of amides is 1. The molecule has 0 aliphatic carbocycles. The molecule has 2 aliphatic heterocycles. The van der Waals surface area contributed by atoms with Crippen LogP contribution in [-0.4, -0.2) is 82.9 Å². The molecule has 2 saturated heterocycles. The average molecular weight is 657 g/mol. The van der Waals surface area contributed by atoms with E-state index in [0.717, 1.165) is 16.7 Å². The quantitative estimate of drug-likeness (QED) is 0.287. The van der Waals surface area contributed by atoms with Gasteiger partial charge in [-0.3, -0.25) is 4.79 Å². The monoisotopic (exact) mass is 656 g/mol. The third-order valence-electron chi connectivity index (χ3n) is 8.02. The van der Waals surface area contributed by atoms with Crippen molar-refractivity contribution in [3.8, 4) is 16.9 Å². The van der Waals surface area contributed by atoms with Crippen LogP contribution in [0.4, 0.5) is 14.6 Å². The molecule has 0 radical (unpaired) electrons. The molecule has 1 amide bonds. The van der Waals surface area contributed by atoms with E-state index in [4.69, 9.17) is 16.3 Å². The predicted octanol–water partition coefficient (Wildman–Crippen LogP) is 3.48. The van der Waals surface area contributed by atoms with Crippen molar-refractivity contribution in [3.05, 3.63) is 81.9 Å². The molecule has 15 heteroatoms. The smallest absolute Gasteiger partial charge is 0.355 e. The standard InChI is InChI=1S/C30H27ClF2N6O5S/c1-4-23(40)37-10-11-38(17(3)13-37)27-19-12-22(33)25(24-20(31)6-5-7-21(24)32)35-28(19)39(30(41)36-27)26-16(2)8-9-34-29(26)45(42,43)18-14-44-15-18/h4-9,12,17-18H,1,10-11,13-15H2,2-3H3/t17-/m0/s1. The number of benzene rings is 1. The van der Waals surface area contributed by atoms with Gasteiger partial charge in [-0.2, -0.15) is 4.98 Å². The van der Waals surface area contributed by atoms with Crippen molar-refractivity contribution in [1.29, 1.82) is 0 Å². The number of rotatable bonds is 6. The second-order valence-electron chi connectivity index (χ2n) is 10.9. The van der Waals surface area contributed by atoms with Crippen LogP contribution in [0.3, 0.4) is 0 Å². The largest absolute Gasteiger partial charge is 0.379 e. The van der Waals surface area contributed by atoms with Crippen LogP contribution in [-0.2, 0) is 19.4 Å². The highest BCUT2D eigenvalue weighted by Gasteiger charge is 2.38. The Bertz CT molecular complexity index is 2030. The summed E-state index contributed by atoms with van der Waals surface area (Å²) in [7, 11) is -4.09. The molecule has 1 aromatic carbocycles. The van der Waals surface area contributed by atoms with Gasteiger partial charge >= 0.3 is 5.69 Å². The molecule has 0 spiro atoms. The van der Waals surface area contributed by atoms with Crippen LogP contribution in [0.25, 0.3) is 28.0 Å². The Morgan fingerprint density at radius 1 is 1.16 bits per heavy atom. The Hall–Kier alpha value is -4.27. The molecule has 4 aromatic rings. The summed E-state index contributed by atoms with van der Waals surface area (Å²) < 4.78 is 64.4. The van der Waals surface area contributed by atoms with E-state index in [-0.39, 0.29) is 77.9 Å². The zero-order valence-electron chi connectivity index (χ0n) is 24.2.